The second-order valence-electron chi connectivity index (χ2n) is 4.79. The topological polar surface area (TPSA) is 54.5 Å². The van der Waals surface area contributed by atoms with Crippen molar-refractivity contribution in [1.82, 2.24) is 14.5 Å². The second-order valence-corrected chi connectivity index (χ2v) is 5.23. The fourth-order valence-electron chi connectivity index (χ4n) is 2.64. The Bertz CT molecular complexity index is 1040. The van der Waals surface area contributed by atoms with E-state index in [4.69, 9.17) is 21.8 Å². The second kappa shape index (κ2) is 4.44. The average molecular weight is 293 g/mol. The first-order valence-corrected chi connectivity index (χ1v) is 6.87. The number of nitriles is 1. The van der Waals surface area contributed by atoms with Gasteiger partial charge in [0, 0.05) is 10.4 Å². The van der Waals surface area contributed by atoms with Gasteiger partial charge >= 0.3 is 0 Å². The quantitative estimate of drug-likeness (QED) is 0.534. The van der Waals surface area contributed by atoms with E-state index in [0.717, 1.165) is 27.5 Å². The minimum atomic E-state index is 0.231. The zero-order chi connectivity index (χ0) is 14.4. The van der Waals surface area contributed by atoms with Crippen LogP contribution in [-0.4, -0.2) is 14.5 Å². The monoisotopic (exact) mass is 292 g/mol. The van der Waals surface area contributed by atoms with Gasteiger partial charge in [-0.15, -0.1) is 0 Å². The Labute approximate surface area is 125 Å². The van der Waals surface area contributed by atoms with E-state index in [1.807, 2.05) is 47.0 Å². The Hall–Kier alpha value is -2.64. The lowest BCUT2D eigenvalue weighted by Gasteiger charge is -2.01. The van der Waals surface area contributed by atoms with E-state index in [-0.39, 0.29) is 6.54 Å². The molecule has 0 unspecified atom stereocenters. The number of nitrogens with zero attached hydrogens (tertiary/aromatic N) is 4. The summed E-state index contributed by atoms with van der Waals surface area (Å²) in [6.45, 7) is 0.231. The molecular formula is C16H9ClN4. The highest BCUT2D eigenvalue weighted by atomic mass is 35.5. The Morgan fingerprint density at radius 1 is 1.10 bits per heavy atom. The summed E-state index contributed by atoms with van der Waals surface area (Å²) in [6, 6.07) is 15.5. The van der Waals surface area contributed by atoms with E-state index in [0.29, 0.717) is 10.7 Å². The molecule has 0 amide bonds. The lowest BCUT2D eigenvalue weighted by Crippen LogP contribution is -1.97. The molecule has 4 rings (SSSR count). The lowest BCUT2D eigenvalue weighted by atomic mass is 10.2. The molecule has 0 saturated carbocycles. The maximum atomic E-state index is 9.08. The summed E-state index contributed by atoms with van der Waals surface area (Å²) in [5.74, 6) is 0. The molecule has 0 aliphatic carbocycles. The summed E-state index contributed by atoms with van der Waals surface area (Å²) < 4.78 is 1.88. The number of rotatable bonds is 1. The van der Waals surface area contributed by atoms with Crippen LogP contribution in [0.1, 0.15) is 0 Å². The van der Waals surface area contributed by atoms with Crippen LogP contribution < -0.4 is 0 Å². The van der Waals surface area contributed by atoms with Crippen LogP contribution in [0.15, 0.2) is 42.5 Å². The molecule has 5 heteroatoms. The molecule has 4 nitrogen and oxygen atoms in total. The van der Waals surface area contributed by atoms with E-state index < -0.39 is 0 Å². The van der Waals surface area contributed by atoms with Gasteiger partial charge in [0.25, 0.3) is 0 Å². The molecule has 2 aromatic heterocycles. The van der Waals surface area contributed by atoms with Gasteiger partial charge in [-0.2, -0.15) is 5.26 Å². The van der Waals surface area contributed by atoms with Gasteiger partial charge in [-0.3, -0.25) is 0 Å². The van der Waals surface area contributed by atoms with Crippen molar-refractivity contribution < 1.29 is 0 Å². The molecule has 2 heterocycles. The highest BCUT2D eigenvalue weighted by Crippen LogP contribution is 2.30. The lowest BCUT2D eigenvalue weighted by molar-refractivity contribution is 0.896. The molecule has 0 radical (unpaired) electrons. The van der Waals surface area contributed by atoms with Crippen molar-refractivity contribution in [1.29, 1.82) is 5.26 Å². The van der Waals surface area contributed by atoms with Crippen molar-refractivity contribution in [2.75, 3.05) is 0 Å². The van der Waals surface area contributed by atoms with Crippen LogP contribution in [0.5, 0.6) is 0 Å². The summed E-state index contributed by atoms with van der Waals surface area (Å²) in [5.41, 5.74) is 4.07. The van der Waals surface area contributed by atoms with Crippen LogP contribution in [0.2, 0.25) is 5.02 Å². The summed E-state index contributed by atoms with van der Waals surface area (Å²) in [7, 11) is 0. The zero-order valence-electron chi connectivity index (χ0n) is 10.9. The third-order valence-electron chi connectivity index (χ3n) is 3.54. The molecule has 0 saturated heterocycles. The number of halogens is 1. The highest BCUT2D eigenvalue weighted by Gasteiger charge is 2.14. The van der Waals surface area contributed by atoms with Gasteiger partial charge in [0.15, 0.2) is 5.65 Å². The molecule has 0 bridgehead atoms. The SMILES string of the molecule is N#CCn1c2ccc(Cl)cc2c2nc3ccccc3nc21. The average Bonchev–Trinajstić information content (AvgIpc) is 2.79. The molecule has 0 N–H and O–H groups in total. The predicted molar refractivity (Wildman–Crippen MR) is 83.2 cm³/mol. The summed E-state index contributed by atoms with van der Waals surface area (Å²) in [6.07, 6.45) is 0. The summed E-state index contributed by atoms with van der Waals surface area (Å²) in [4.78, 5) is 9.37. The van der Waals surface area contributed by atoms with Gasteiger partial charge in [-0.05, 0) is 30.3 Å². The van der Waals surface area contributed by atoms with E-state index in [1.54, 1.807) is 0 Å². The van der Waals surface area contributed by atoms with Gasteiger partial charge in [-0.25, -0.2) is 9.97 Å². The Balaban J connectivity index is 2.25. The van der Waals surface area contributed by atoms with Gasteiger partial charge < -0.3 is 4.57 Å². The van der Waals surface area contributed by atoms with Gasteiger partial charge in [-0.1, -0.05) is 23.7 Å². The smallest absolute Gasteiger partial charge is 0.161 e. The number of fused-ring (bicyclic) bond motifs is 4. The van der Waals surface area contributed by atoms with Gasteiger partial charge in [0.1, 0.15) is 12.1 Å². The Morgan fingerprint density at radius 3 is 2.62 bits per heavy atom. The van der Waals surface area contributed by atoms with Crippen LogP contribution >= 0.6 is 11.6 Å². The third kappa shape index (κ3) is 1.75. The number of aromatic nitrogens is 3. The minimum Gasteiger partial charge on any atom is -0.310 e. The molecule has 100 valence electrons. The molecule has 0 aliphatic rings. The number of hydrogen-bond donors (Lipinski definition) is 0. The van der Waals surface area contributed by atoms with Crippen molar-refractivity contribution >= 4 is 44.7 Å². The molecule has 0 aliphatic heterocycles. The van der Waals surface area contributed by atoms with E-state index in [1.165, 1.54) is 0 Å². The van der Waals surface area contributed by atoms with Crippen LogP contribution in [-0.2, 0) is 6.54 Å². The number of benzene rings is 2. The van der Waals surface area contributed by atoms with Crippen LogP contribution in [0.4, 0.5) is 0 Å². The fraction of sp³-hybridized carbons (Fsp3) is 0.0625. The highest BCUT2D eigenvalue weighted by molar-refractivity contribution is 6.31. The summed E-state index contributed by atoms with van der Waals surface area (Å²) >= 11 is 6.10. The molecule has 0 fully saturated rings. The van der Waals surface area contributed by atoms with Crippen molar-refractivity contribution in [3.8, 4) is 6.07 Å². The molecule has 21 heavy (non-hydrogen) atoms. The standard InChI is InChI=1S/C16H9ClN4/c17-10-5-6-14-11(9-10)15-16(21(14)8-7-18)20-13-4-2-1-3-12(13)19-15/h1-6,9H,8H2. The number of para-hydroxylation sites is 2. The predicted octanol–water partition coefficient (Wildman–Crippen LogP) is 3.91. The first kappa shape index (κ1) is 12.1. The molecule has 2 aromatic carbocycles. The van der Waals surface area contributed by atoms with Crippen LogP contribution in [0.3, 0.4) is 0 Å². The van der Waals surface area contributed by atoms with Gasteiger partial charge in [0.05, 0.1) is 22.6 Å². The largest absolute Gasteiger partial charge is 0.310 e. The molecule has 4 aromatic rings. The maximum absolute atomic E-state index is 9.08. The first-order chi connectivity index (χ1) is 10.3. The van der Waals surface area contributed by atoms with Crippen molar-refractivity contribution in [3.05, 3.63) is 47.5 Å². The normalized spacial score (nSPS) is 11.2. The Kier molecular flexibility index (Phi) is 2.56. The Morgan fingerprint density at radius 2 is 1.86 bits per heavy atom. The van der Waals surface area contributed by atoms with Crippen molar-refractivity contribution in [3.63, 3.8) is 0 Å². The molecule has 0 spiro atoms. The van der Waals surface area contributed by atoms with Crippen molar-refractivity contribution in [2.24, 2.45) is 0 Å². The molecular weight excluding hydrogens is 284 g/mol. The van der Waals surface area contributed by atoms with Crippen LogP contribution in [0, 0.1) is 11.3 Å². The van der Waals surface area contributed by atoms with Gasteiger partial charge in [0.2, 0.25) is 0 Å². The van der Waals surface area contributed by atoms with E-state index in [2.05, 4.69) is 11.1 Å². The fourth-order valence-corrected chi connectivity index (χ4v) is 2.81. The van der Waals surface area contributed by atoms with Crippen molar-refractivity contribution in [2.45, 2.75) is 6.54 Å². The first-order valence-electron chi connectivity index (χ1n) is 6.49. The zero-order valence-corrected chi connectivity index (χ0v) is 11.7. The van der Waals surface area contributed by atoms with E-state index in [9.17, 15) is 0 Å². The third-order valence-corrected chi connectivity index (χ3v) is 3.78. The van der Waals surface area contributed by atoms with Crippen LogP contribution in [0.25, 0.3) is 33.1 Å². The summed E-state index contributed by atoms with van der Waals surface area (Å²) in [5, 5.41) is 10.6. The van der Waals surface area contributed by atoms with E-state index >= 15 is 0 Å². The minimum absolute atomic E-state index is 0.231. The maximum Gasteiger partial charge on any atom is 0.161 e. The number of hydrogen-bond acceptors (Lipinski definition) is 3. The molecule has 0 atom stereocenters.